The minimum atomic E-state index is 0.591. The summed E-state index contributed by atoms with van der Waals surface area (Å²) < 4.78 is 0. The van der Waals surface area contributed by atoms with Crippen LogP contribution in [0, 0.1) is 0 Å². The van der Waals surface area contributed by atoms with Gasteiger partial charge in [-0.3, -0.25) is 0 Å². The summed E-state index contributed by atoms with van der Waals surface area (Å²) in [7, 11) is 2.21. The molecule has 0 amide bonds. The second-order valence-corrected chi connectivity index (χ2v) is 5.94. The largest absolute Gasteiger partial charge is 0.316 e. The van der Waals surface area contributed by atoms with Crippen molar-refractivity contribution in [3.63, 3.8) is 0 Å². The molecule has 0 aliphatic rings. The van der Waals surface area contributed by atoms with Crippen LogP contribution < -0.4 is 5.32 Å². The summed E-state index contributed by atoms with van der Waals surface area (Å²) >= 11 is 0. The first-order chi connectivity index (χ1) is 9.67. The van der Waals surface area contributed by atoms with Gasteiger partial charge in [0.15, 0.2) is 0 Å². The van der Waals surface area contributed by atoms with Crippen molar-refractivity contribution in [1.82, 2.24) is 10.2 Å². The fourth-order valence-electron chi connectivity index (χ4n) is 2.38. The van der Waals surface area contributed by atoms with E-state index in [1.165, 1.54) is 36.9 Å². The van der Waals surface area contributed by atoms with Crippen LogP contribution >= 0.6 is 0 Å². The van der Waals surface area contributed by atoms with E-state index in [1.807, 2.05) is 0 Å². The van der Waals surface area contributed by atoms with Crippen molar-refractivity contribution in [2.24, 2.45) is 0 Å². The van der Waals surface area contributed by atoms with Crippen LogP contribution in [0.3, 0.4) is 0 Å². The second kappa shape index (κ2) is 9.95. The number of nitrogens with one attached hydrogen (secondary N) is 1. The quantitative estimate of drug-likeness (QED) is 0.649. The minimum Gasteiger partial charge on any atom is -0.316 e. The Kier molecular flexibility index (Phi) is 8.56. The molecule has 0 fully saturated rings. The van der Waals surface area contributed by atoms with E-state index in [0.717, 1.165) is 19.6 Å². The molecule has 1 aromatic carbocycles. The highest BCUT2D eigenvalue weighted by Crippen LogP contribution is 2.16. The molecular formula is C18H32N2. The molecule has 114 valence electrons. The van der Waals surface area contributed by atoms with Crippen LogP contribution in [0.2, 0.25) is 0 Å². The molecule has 1 rings (SSSR count). The van der Waals surface area contributed by atoms with Crippen molar-refractivity contribution in [2.45, 2.75) is 52.5 Å². The molecule has 0 radical (unpaired) electrons. The van der Waals surface area contributed by atoms with Gasteiger partial charge in [0.1, 0.15) is 0 Å². The maximum Gasteiger partial charge on any atom is 0.0230 e. The molecule has 0 saturated carbocycles. The van der Waals surface area contributed by atoms with Crippen LogP contribution in [-0.4, -0.2) is 31.6 Å². The fraction of sp³-hybridized carbons (Fsp3) is 0.667. The van der Waals surface area contributed by atoms with Crippen LogP contribution in [0.1, 0.15) is 57.1 Å². The summed E-state index contributed by atoms with van der Waals surface area (Å²) in [6, 6.07) is 9.16. The van der Waals surface area contributed by atoms with Crippen LogP contribution in [0.4, 0.5) is 0 Å². The zero-order valence-corrected chi connectivity index (χ0v) is 13.8. The van der Waals surface area contributed by atoms with Crippen molar-refractivity contribution < 1.29 is 0 Å². The molecule has 2 nitrogen and oxygen atoms in total. The summed E-state index contributed by atoms with van der Waals surface area (Å²) in [5, 5.41) is 3.50. The predicted molar refractivity (Wildman–Crippen MR) is 89.3 cm³/mol. The lowest BCUT2D eigenvalue weighted by Gasteiger charge is -2.17. The van der Waals surface area contributed by atoms with E-state index >= 15 is 0 Å². The average molecular weight is 276 g/mol. The van der Waals surface area contributed by atoms with Crippen molar-refractivity contribution in [2.75, 3.05) is 26.7 Å². The molecule has 1 aromatic rings. The van der Waals surface area contributed by atoms with E-state index in [4.69, 9.17) is 0 Å². The Bertz CT molecular complexity index is 345. The number of hydrogen-bond donors (Lipinski definition) is 1. The van der Waals surface area contributed by atoms with Gasteiger partial charge >= 0.3 is 0 Å². The Labute approximate surface area is 125 Å². The van der Waals surface area contributed by atoms with Crippen LogP contribution in [-0.2, 0) is 6.54 Å². The van der Waals surface area contributed by atoms with Gasteiger partial charge in [-0.15, -0.1) is 0 Å². The first-order valence-corrected chi connectivity index (χ1v) is 8.15. The molecule has 0 aliphatic heterocycles. The van der Waals surface area contributed by atoms with E-state index in [1.54, 1.807) is 0 Å². The summed E-state index contributed by atoms with van der Waals surface area (Å²) in [5.74, 6) is 0.591. The number of rotatable bonds is 10. The molecule has 0 saturated heterocycles. The van der Waals surface area contributed by atoms with E-state index in [9.17, 15) is 0 Å². The zero-order chi connectivity index (χ0) is 14.8. The third-order valence-electron chi connectivity index (χ3n) is 3.77. The highest BCUT2D eigenvalue weighted by atomic mass is 15.1. The molecule has 1 unspecified atom stereocenters. The SMILES string of the molecule is CCCCN(C)Cc1ccc(C(C)CNCCC)cc1. The van der Waals surface area contributed by atoms with E-state index in [2.05, 4.69) is 62.3 Å². The molecule has 0 spiro atoms. The van der Waals surface area contributed by atoms with Crippen LogP contribution in [0.15, 0.2) is 24.3 Å². The standard InChI is InChI=1S/C18H32N2/c1-5-7-13-20(4)15-17-8-10-18(11-9-17)16(3)14-19-12-6-2/h8-11,16,19H,5-7,12-15H2,1-4H3. The number of hydrogen-bond acceptors (Lipinski definition) is 2. The second-order valence-electron chi connectivity index (χ2n) is 5.94. The van der Waals surface area contributed by atoms with E-state index in [0.29, 0.717) is 5.92 Å². The van der Waals surface area contributed by atoms with Crippen molar-refractivity contribution in [3.05, 3.63) is 35.4 Å². The van der Waals surface area contributed by atoms with Crippen LogP contribution in [0.25, 0.3) is 0 Å². The average Bonchev–Trinajstić information content (AvgIpc) is 2.46. The van der Waals surface area contributed by atoms with Crippen LogP contribution in [0.5, 0.6) is 0 Å². The monoisotopic (exact) mass is 276 g/mol. The molecule has 0 aliphatic carbocycles. The Morgan fingerprint density at radius 3 is 2.40 bits per heavy atom. The molecule has 2 heteroatoms. The highest BCUT2D eigenvalue weighted by Gasteiger charge is 2.05. The number of unbranched alkanes of at least 4 members (excludes halogenated alkanes) is 1. The fourth-order valence-corrected chi connectivity index (χ4v) is 2.38. The van der Waals surface area contributed by atoms with Gasteiger partial charge in [0.25, 0.3) is 0 Å². The maximum absolute atomic E-state index is 3.50. The molecule has 0 aromatic heterocycles. The zero-order valence-electron chi connectivity index (χ0n) is 13.8. The Hall–Kier alpha value is -0.860. The van der Waals surface area contributed by atoms with Gasteiger partial charge in [0.2, 0.25) is 0 Å². The molecule has 0 heterocycles. The first-order valence-electron chi connectivity index (χ1n) is 8.15. The van der Waals surface area contributed by atoms with Crippen molar-refractivity contribution in [1.29, 1.82) is 0 Å². The Balaban J connectivity index is 2.42. The number of benzene rings is 1. The third kappa shape index (κ3) is 6.53. The Morgan fingerprint density at radius 2 is 1.80 bits per heavy atom. The van der Waals surface area contributed by atoms with Gasteiger partial charge in [0, 0.05) is 13.1 Å². The summed E-state index contributed by atoms with van der Waals surface area (Å²) in [4.78, 5) is 2.41. The minimum absolute atomic E-state index is 0.591. The van der Waals surface area contributed by atoms with Gasteiger partial charge in [-0.1, -0.05) is 51.5 Å². The normalized spacial score (nSPS) is 12.8. The lowest BCUT2D eigenvalue weighted by Crippen LogP contribution is -2.21. The van der Waals surface area contributed by atoms with E-state index < -0.39 is 0 Å². The molecule has 1 N–H and O–H groups in total. The lowest BCUT2D eigenvalue weighted by molar-refractivity contribution is 0.321. The van der Waals surface area contributed by atoms with Crippen molar-refractivity contribution >= 4 is 0 Å². The summed E-state index contributed by atoms with van der Waals surface area (Å²) in [6.07, 6.45) is 3.76. The molecular weight excluding hydrogens is 244 g/mol. The smallest absolute Gasteiger partial charge is 0.0230 e. The van der Waals surface area contributed by atoms with Gasteiger partial charge in [-0.05, 0) is 50.0 Å². The molecule has 20 heavy (non-hydrogen) atoms. The topological polar surface area (TPSA) is 15.3 Å². The predicted octanol–water partition coefficient (Wildman–Crippen LogP) is 4.02. The lowest BCUT2D eigenvalue weighted by atomic mass is 9.99. The van der Waals surface area contributed by atoms with Gasteiger partial charge in [-0.2, -0.15) is 0 Å². The summed E-state index contributed by atoms with van der Waals surface area (Å²) in [5.41, 5.74) is 2.86. The van der Waals surface area contributed by atoms with Crippen molar-refractivity contribution in [3.8, 4) is 0 Å². The van der Waals surface area contributed by atoms with Gasteiger partial charge in [0.05, 0.1) is 0 Å². The molecule has 0 bridgehead atoms. The third-order valence-corrected chi connectivity index (χ3v) is 3.77. The number of nitrogens with zero attached hydrogens (tertiary/aromatic N) is 1. The van der Waals surface area contributed by atoms with E-state index in [-0.39, 0.29) is 0 Å². The molecule has 1 atom stereocenters. The maximum atomic E-state index is 3.50. The Morgan fingerprint density at radius 1 is 1.10 bits per heavy atom. The summed E-state index contributed by atoms with van der Waals surface area (Å²) in [6.45, 7) is 11.2. The van der Waals surface area contributed by atoms with Gasteiger partial charge in [-0.25, -0.2) is 0 Å². The highest BCUT2D eigenvalue weighted by molar-refractivity contribution is 5.25. The first kappa shape index (κ1) is 17.2. The van der Waals surface area contributed by atoms with Gasteiger partial charge < -0.3 is 10.2 Å².